The number of halogens is 1. The first-order valence-corrected chi connectivity index (χ1v) is 10.4. The number of aromatic nitrogens is 2. The molecule has 6 nitrogen and oxygen atoms in total. The molecule has 1 aromatic carbocycles. The normalized spacial score (nSPS) is 20.2. The second-order valence-electron chi connectivity index (χ2n) is 7.93. The molecule has 1 unspecified atom stereocenters. The number of piperidine rings is 2. The van der Waals surface area contributed by atoms with Crippen molar-refractivity contribution in [2.24, 2.45) is 5.92 Å². The van der Waals surface area contributed by atoms with Gasteiger partial charge >= 0.3 is 0 Å². The summed E-state index contributed by atoms with van der Waals surface area (Å²) in [6.45, 7) is 3.62. The Morgan fingerprint density at radius 2 is 2.00 bits per heavy atom. The van der Waals surface area contributed by atoms with Crippen LogP contribution < -0.4 is 10.1 Å². The Morgan fingerprint density at radius 3 is 2.72 bits per heavy atom. The third-order valence-corrected chi connectivity index (χ3v) is 6.08. The average Bonchev–Trinajstić information content (AvgIpc) is 3.25. The number of carbonyl (C=O) groups excluding carboxylic acids is 1. The topological polar surface area (TPSA) is 59.4 Å². The monoisotopic (exact) mass is 418 g/mol. The third-order valence-electron chi connectivity index (χ3n) is 6.08. The molecular weight excluding hydrogens is 388 g/mol. The molecule has 1 atom stereocenters. The van der Waals surface area contributed by atoms with E-state index < -0.39 is 0 Å². The van der Waals surface area contributed by atoms with E-state index in [0.29, 0.717) is 17.7 Å². The fourth-order valence-electron chi connectivity index (χ4n) is 4.40. The van der Waals surface area contributed by atoms with Gasteiger partial charge in [-0.05, 0) is 62.3 Å². The number of carbonyl (C=O) groups is 1. The van der Waals surface area contributed by atoms with E-state index in [0.717, 1.165) is 64.0 Å². The van der Waals surface area contributed by atoms with Crippen LogP contribution in [0, 0.1) is 5.92 Å². The van der Waals surface area contributed by atoms with Gasteiger partial charge in [0.1, 0.15) is 11.4 Å². The van der Waals surface area contributed by atoms with Gasteiger partial charge in [-0.2, -0.15) is 5.10 Å². The van der Waals surface area contributed by atoms with E-state index in [-0.39, 0.29) is 18.3 Å². The van der Waals surface area contributed by atoms with E-state index in [2.05, 4.69) is 22.5 Å². The lowest BCUT2D eigenvalue weighted by molar-refractivity contribution is 0.0683. The smallest absolute Gasteiger partial charge is 0.274 e. The number of amides is 1. The van der Waals surface area contributed by atoms with Crippen molar-refractivity contribution < 1.29 is 9.53 Å². The molecule has 2 aromatic rings. The quantitative estimate of drug-likeness (QED) is 0.809. The van der Waals surface area contributed by atoms with Crippen LogP contribution >= 0.6 is 12.4 Å². The highest BCUT2D eigenvalue weighted by molar-refractivity contribution is 5.92. The van der Waals surface area contributed by atoms with Gasteiger partial charge in [-0.3, -0.25) is 9.48 Å². The molecule has 0 spiro atoms. The molecule has 2 aliphatic heterocycles. The number of hydrogen-bond acceptors (Lipinski definition) is 4. The molecule has 1 N–H and O–H groups in total. The van der Waals surface area contributed by atoms with Crippen molar-refractivity contribution in [3.63, 3.8) is 0 Å². The maximum absolute atomic E-state index is 12.9. The van der Waals surface area contributed by atoms with Crippen molar-refractivity contribution in [2.75, 3.05) is 33.3 Å². The lowest BCUT2D eigenvalue weighted by atomic mass is 9.89. The molecule has 0 aliphatic carbocycles. The molecule has 0 radical (unpaired) electrons. The van der Waals surface area contributed by atoms with Gasteiger partial charge in [0.05, 0.1) is 13.2 Å². The van der Waals surface area contributed by atoms with Gasteiger partial charge in [-0.15, -0.1) is 12.4 Å². The molecule has 3 heterocycles. The summed E-state index contributed by atoms with van der Waals surface area (Å²) in [5.74, 6) is 1.62. The number of rotatable bonds is 5. The fraction of sp³-hybridized carbons (Fsp3) is 0.545. The molecule has 2 aliphatic rings. The van der Waals surface area contributed by atoms with E-state index in [1.165, 1.54) is 5.56 Å². The van der Waals surface area contributed by atoms with Crippen LogP contribution in [0.2, 0.25) is 0 Å². The minimum Gasteiger partial charge on any atom is -0.496 e. The summed E-state index contributed by atoms with van der Waals surface area (Å²) < 4.78 is 7.44. The highest BCUT2D eigenvalue weighted by Crippen LogP contribution is 2.27. The highest BCUT2D eigenvalue weighted by Gasteiger charge is 2.26. The van der Waals surface area contributed by atoms with Gasteiger partial charge in [-0.1, -0.05) is 18.2 Å². The van der Waals surface area contributed by atoms with Crippen LogP contribution in [0.25, 0.3) is 0 Å². The van der Waals surface area contributed by atoms with Crippen LogP contribution in [0.3, 0.4) is 0 Å². The van der Waals surface area contributed by atoms with Crippen molar-refractivity contribution in [1.29, 1.82) is 0 Å². The molecule has 29 heavy (non-hydrogen) atoms. The maximum atomic E-state index is 12.9. The van der Waals surface area contributed by atoms with Crippen LogP contribution in [-0.2, 0) is 6.42 Å². The Bertz CT molecular complexity index is 796. The predicted molar refractivity (Wildman–Crippen MR) is 116 cm³/mol. The zero-order valence-electron chi connectivity index (χ0n) is 17.0. The Balaban J connectivity index is 0.00000240. The van der Waals surface area contributed by atoms with Crippen molar-refractivity contribution in [3.8, 4) is 5.75 Å². The largest absolute Gasteiger partial charge is 0.496 e. The Hall–Kier alpha value is -2.05. The lowest BCUT2D eigenvalue weighted by Gasteiger charge is -2.32. The standard InChI is InChI=1S/C22H30N4O2.ClH/c1-28-21-7-3-2-5-18(21)15-17-8-12-25(13-9-17)22(27)20-10-14-26(24-20)19-6-4-11-23-16-19;/h2-3,5,7,10,14,17,19,23H,4,6,8-9,11-13,15-16H2,1H3;1H. The summed E-state index contributed by atoms with van der Waals surface area (Å²) in [4.78, 5) is 14.8. The second kappa shape index (κ2) is 10.1. The predicted octanol–water partition coefficient (Wildman–Crippen LogP) is 3.33. The molecule has 1 aromatic heterocycles. The van der Waals surface area contributed by atoms with Crippen LogP contribution in [-0.4, -0.2) is 53.9 Å². The van der Waals surface area contributed by atoms with E-state index in [9.17, 15) is 4.79 Å². The maximum Gasteiger partial charge on any atom is 0.274 e. The molecule has 7 heteroatoms. The highest BCUT2D eigenvalue weighted by atomic mass is 35.5. The number of benzene rings is 1. The van der Waals surface area contributed by atoms with Gasteiger partial charge in [-0.25, -0.2) is 0 Å². The minimum absolute atomic E-state index is 0. The second-order valence-corrected chi connectivity index (χ2v) is 7.93. The molecule has 158 valence electrons. The summed E-state index contributed by atoms with van der Waals surface area (Å²) in [5.41, 5.74) is 1.84. The average molecular weight is 419 g/mol. The number of nitrogens with one attached hydrogen (secondary N) is 1. The van der Waals surface area contributed by atoms with Crippen molar-refractivity contribution in [3.05, 3.63) is 47.8 Å². The van der Waals surface area contributed by atoms with Gasteiger partial charge in [0.25, 0.3) is 5.91 Å². The van der Waals surface area contributed by atoms with Gasteiger partial charge in [0.15, 0.2) is 0 Å². The van der Waals surface area contributed by atoms with Crippen LogP contribution in [0.1, 0.15) is 47.8 Å². The van der Waals surface area contributed by atoms with Crippen LogP contribution in [0.5, 0.6) is 5.75 Å². The Labute approximate surface area is 179 Å². The molecule has 2 fully saturated rings. The molecular formula is C22H31ClN4O2. The summed E-state index contributed by atoms with van der Waals surface area (Å²) in [5, 5.41) is 7.99. The lowest BCUT2D eigenvalue weighted by Crippen LogP contribution is -2.39. The fourth-order valence-corrected chi connectivity index (χ4v) is 4.40. The van der Waals surface area contributed by atoms with Crippen molar-refractivity contribution in [1.82, 2.24) is 20.0 Å². The first-order valence-electron chi connectivity index (χ1n) is 10.4. The number of para-hydroxylation sites is 1. The van der Waals surface area contributed by atoms with Gasteiger partial charge < -0.3 is 15.0 Å². The molecule has 2 saturated heterocycles. The number of nitrogens with zero attached hydrogens (tertiary/aromatic N) is 3. The van der Waals surface area contributed by atoms with Crippen LogP contribution in [0.4, 0.5) is 0 Å². The summed E-state index contributed by atoms with van der Waals surface area (Å²) in [7, 11) is 1.72. The van der Waals surface area contributed by atoms with E-state index in [1.807, 2.05) is 34.0 Å². The van der Waals surface area contributed by atoms with Gasteiger partial charge in [0.2, 0.25) is 0 Å². The zero-order valence-corrected chi connectivity index (χ0v) is 17.9. The first kappa shape index (κ1) is 21.7. The Kier molecular flexibility index (Phi) is 7.56. The van der Waals surface area contributed by atoms with Gasteiger partial charge in [0, 0.05) is 25.8 Å². The molecule has 0 bridgehead atoms. The number of ether oxygens (including phenoxy) is 1. The van der Waals surface area contributed by atoms with Crippen LogP contribution in [0.15, 0.2) is 36.5 Å². The summed E-state index contributed by atoms with van der Waals surface area (Å²) in [6, 6.07) is 10.5. The first-order chi connectivity index (χ1) is 13.7. The molecule has 1 amide bonds. The minimum atomic E-state index is 0. The number of methoxy groups -OCH3 is 1. The number of hydrogen-bond donors (Lipinski definition) is 1. The summed E-state index contributed by atoms with van der Waals surface area (Å²) >= 11 is 0. The van der Waals surface area contributed by atoms with Crippen molar-refractivity contribution >= 4 is 18.3 Å². The van der Waals surface area contributed by atoms with E-state index in [1.54, 1.807) is 7.11 Å². The van der Waals surface area contributed by atoms with Crippen molar-refractivity contribution in [2.45, 2.75) is 38.1 Å². The molecule has 4 rings (SSSR count). The number of likely N-dealkylation sites (tertiary alicyclic amines) is 1. The van der Waals surface area contributed by atoms with E-state index in [4.69, 9.17) is 4.74 Å². The third kappa shape index (κ3) is 5.11. The Morgan fingerprint density at radius 1 is 1.21 bits per heavy atom. The SMILES string of the molecule is COc1ccccc1CC1CCN(C(=O)c2ccn(C3CCCNC3)n2)CC1.Cl. The summed E-state index contributed by atoms with van der Waals surface area (Å²) in [6.07, 6.45) is 7.30. The molecule has 0 saturated carbocycles. The van der Waals surface area contributed by atoms with E-state index >= 15 is 0 Å². The zero-order chi connectivity index (χ0) is 19.3.